The number of hydrogen-bond donors (Lipinski definition) is 2. The number of nitrogens with zero attached hydrogens (tertiary/aromatic N) is 1. The Hall–Kier alpha value is -1.37. The van der Waals surface area contributed by atoms with Crippen LogP contribution in [-0.2, 0) is 16.1 Å². The number of thiophene rings is 1. The lowest BCUT2D eigenvalue weighted by molar-refractivity contribution is -0.132. The van der Waals surface area contributed by atoms with Crippen LogP contribution < -0.4 is 11.1 Å². The highest BCUT2D eigenvalue weighted by Crippen LogP contribution is 2.22. The van der Waals surface area contributed by atoms with E-state index in [4.69, 9.17) is 17.3 Å². The lowest BCUT2D eigenvalue weighted by atomic mass is 10.3. The van der Waals surface area contributed by atoms with Gasteiger partial charge < -0.3 is 16.0 Å². The summed E-state index contributed by atoms with van der Waals surface area (Å²) in [6, 6.07) is 3.66. The molecule has 0 radical (unpaired) electrons. The summed E-state index contributed by atoms with van der Waals surface area (Å²) in [5.74, 6) is -0.544. The van der Waals surface area contributed by atoms with Crippen LogP contribution in [0.5, 0.6) is 0 Å². The quantitative estimate of drug-likeness (QED) is 0.738. The molecule has 7 heteroatoms. The summed E-state index contributed by atoms with van der Waals surface area (Å²) in [6.07, 6.45) is 1.64. The summed E-state index contributed by atoms with van der Waals surface area (Å²) in [4.78, 5) is 25.5. The largest absolute Gasteiger partial charge is 0.346 e. The number of carbonyl (C=O) groups excluding carboxylic acids is 2. The molecule has 0 aliphatic heterocycles. The second kappa shape index (κ2) is 7.93. The van der Waals surface area contributed by atoms with Crippen LogP contribution in [0.25, 0.3) is 0 Å². The van der Waals surface area contributed by atoms with E-state index in [-0.39, 0.29) is 24.9 Å². The molecule has 0 aliphatic carbocycles. The molecular weight excluding hydrogens is 286 g/mol. The first-order valence-corrected chi connectivity index (χ1v) is 6.86. The van der Waals surface area contributed by atoms with Gasteiger partial charge >= 0.3 is 0 Å². The molecule has 5 nitrogen and oxygen atoms in total. The third-order valence-electron chi connectivity index (χ3n) is 2.30. The topological polar surface area (TPSA) is 75.4 Å². The molecule has 0 bridgehead atoms. The molecule has 1 aromatic heterocycles. The van der Waals surface area contributed by atoms with Crippen LogP contribution in [0.15, 0.2) is 24.8 Å². The standard InChI is InChI=1S/C12H16ClN3O2S/c1-2-5-16(8-9-3-4-10(13)19-9)12(18)7-15-11(17)6-14/h2-4H,1,5-8,14H2,(H,15,17). The summed E-state index contributed by atoms with van der Waals surface area (Å²) in [5.41, 5.74) is 5.15. The molecule has 0 aliphatic rings. The second-order valence-corrected chi connectivity index (χ2v) is 5.55. The van der Waals surface area contributed by atoms with E-state index in [2.05, 4.69) is 11.9 Å². The van der Waals surface area contributed by atoms with Crippen LogP contribution in [0.3, 0.4) is 0 Å². The summed E-state index contributed by atoms with van der Waals surface area (Å²) in [6.45, 7) is 4.28. The van der Waals surface area contributed by atoms with Gasteiger partial charge in [-0.25, -0.2) is 0 Å². The predicted molar refractivity (Wildman–Crippen MR) is 77.0 cm³/mol. The molecule has 0 saturated heterocycles. The van der Waals surface area contributed by atoms with Gasteiger partial charge in [0.2, 0.25) is 11.8 Å². The van der Waals surface area contributed by atoms with Crippen molar-refractivity contribution >= 4 is 34.8 Å². The molecule has 0 atom stereocenters. The molecule has 3 N–H and O–H groups in total. The van der Waals surface area contributed by atoms with Crippen LogP contribution in [0.1, 0.15) is 4.88 Å². The Bertz CT molecular complexity index is 462. The fourth-order valence-electron chi connectivity index (χ4n) is 1.39. The molecule has 0 unspecified atom stereocenters. The number of nitrogens with two attached hydrogens (primary N) is 1. The maximum Gasteiger partial charge on any atom is 0.242 e. The Kier molecular flexibility index (Phi) is 6.55. The average molecular weight is 302 g/mol. The molecular formula is C12H16ClN3O2S. The van der Waals surface area contributed by atoms with E-state index in [1.54, 1.807) is 17.0 Å². The van der Waals surface area contributed by atoms with Gasteiger partial charge in [-0.05, 0) is 12.1 Å². The molecule has 19 heavy (non-hydrogen) atoms. The van der Waals surface area contributed by atoms with Crippen LogP contribution >= 0.6 is 22.9 Å². The zero-order valence-electron chi connectivity index (χ0n) is 10.4. The number of amides is 2. The Morgan fingerprint density at radius 3 is 2.79 bits per heavy atom. The Morgan fingerprint density at radius 1 is 1.53 bits per heavy atom. The number of hydrogen-bond acceptors (Lipinski definition) is 4. The Morgan fingerprint density at radius 2 is 2.26 bits per heavy atom. The third kappa shape index (κ3) is 5.42. The van der Waals surface area contributed by atoms with Crippen molar-refractivity contribution in [2.45, 2.75) is 6.54 Å². The fraction of sp³-hybridized carbons (Fsp3) is 0.333. The van der Waals surface area contributed by atoms with Gasteiger partial charge in [-0.2, -0.15) is 0 Å². The zero-order valence-corrected chi connectivity index (χ0v) is 12.0. The highest BCUT2D eigenvalue weighted by molar-refractivity contribution is 7.16. The molecule has 0 spiro atoms. The third-order valence-corrected chi connectivity index (χ3v) is 3.52. The summed E-state index contributed by atoms with van der Waals surface area (Å²) >= 11 is 7.26. The lowest BCUT2D eigenvalue weighted by Gasteiger charge is -2.20. The molecule has 1 heterocycles. The average Bonchev–Trinajstić information content (AvgIpc) is 2.80. The van der Waals surface area contributed by atoms with Crippen LogP contribution in [0.4, 0.5) is 0 Å². The smallest absolute Gasteiger partial charge is 0.242 e. The van der Waals surface area contributed by atoms with Crippen molar-refractivity contribution in [1.29, 1.82) is 0 Å². The number of carbonyl (C=O) groups is 2. The van der Waals surface area contributed by atoms with Gasteiger partial charge in [0.1, 0.15) is 0 Å². The number of rotatable bonds is 7. The number of halogens is 1. The first-order valence-electron chi connectivity index (χ1n) is 5.66. The predicted octanol–water partition coefficient (Wildman–Crippen LogP) is 0.991. The summed E-state index contributed by atoms with van der Waals surface area (Å²) < 4.78 is 0.678. The van der Waals surface area contributed by atoms with Gasteiger partial charge in [-0.15, -0.1) is 17.9 Å². The minimum absolute atomic E-state index is 0.0665. The highest BCUT2D eigenvalue weighted by atomic mass is 35.5. The van der Waals surface area contributed by atoms with Gasteiger partial charge in [0.05, 0.1) is 24.0 Å². The van der Waals surface area contributed by atoms with Crippen molar-refractivity contribution in [2.75, 3.05) is 19.6 Å². The van der Waals surface area contributed by atoms with E-state index in [1.807, 2.05) is 6.07 Å². The molecule has 0 fully saturated rings. The SMILES string of the molecule is C=CCN(Cc1ccc(Cl)s1)C(=O)CNC(=O)CN. The monoisotopic (exact) mass is 301 g/mol. The van der Waals surface area contributed by atoms with Crippen molar-refractivity contribution in [3.63, 3.8) is 0 Å². The minimum atomic E-state index is -0.355. The van der Waals surface area contributed by atoms with Gasteiger partial charge in [0.15, 0.2) is 0 Å². The molecule has 1 rings (SSSR count). The number of nitrogens with one attached hydrogen (secondary N) is 1. The normalized spacial score (nSPS) is 10.0. The van der Waals surface area contributed by atoms with Crippen molar-refractivity contribution in [1.82, 2.24) is 10.2 Å². The van der Waals surface area contributed by atoms with Crippen LogP contribution in [0.2, 0.25) is 4.34 Å². The van der Waals surface area contributed by atoms with E-state index >= 15 is 0 Å². The molecule has 0 saturated carbocycles. The second-order valence-electron chi connectivity index (χ2n) is 3.75. The van der Waals surface area contributed by atoms with E-state index < -0.39 is 0 Å². The summed E-state index contributed by atoms with van der Waals surface area (Å²) in [5, 5.41) is 2.45. The zero-order chi connectivity index (χ0) is 14.3. The van der Waals surface area contributed by atoms with E-state index in [0.29, 0.717) is 17.4 Å². The van der Waals surface area contributed by atoms with Crippen molar-refractivity contribution in [3.05, 3.63) is 34.0 Å². The molecule has 104 valence electrons. The van der Waals surface area contributed by atoms with Crippen molar-refractivity contribution in [3.8, 4) is 0 Å². The maximum absolute atomic E-state index is 12.0. The van der Waals surface area contributed by atoms with Crippen molar-refractivity contribution < 1.29 is 9.59 Å². The lowest BCUT2D eigenvalue weighted by Crippen LogP contribution is -2.41. The maximum atomic E-state index is 12.0. The molecule has 1 aromatic rings. The summed E-state index contributed by atoms with van der Waals surface area (Å²) in [7, 11) is 0. The van der Waals surface area contributed by atoms with Gasteiger partial charge in [-0.3, -0.25) is 9.59 Å². The Labute approximate surface area is 121 Å². The van der Waals surface area contributed by atoms with E-state index in [0.717, 1.165) is 4.88 Å². The fourth-order valence-corrected chi connectivity index (χ4v) is 2.50. The Balaban J connectivity index is 2.58. The first-order chi connectivity index (χ1) is 9.06. The van der Waals surface area contributed by atoms with Gasteiger partial charge in [0, 0.05) is 11.4 Å². The molecule has 2 amide bonds. The first kappa shape index (κ1) is 15.7. The van der Waals surface area contributed by atoms with Gasteiger partial charge in [0.25, 0.3) is 0 Å². The highest BCUT2D eigenvalue weighted by Gasteiger charge is 2.14. The van der Waals surface area contributed by atoms with Crippen LogP contribution in [0, 0.1) is 0 Å². The minimum Gasteiger partial charge on any atom is -0.346 e. The van der Waals surface area contributed by atoms with E-state index in [9.17, 15) is 9.59 Å². The van der Waals surface area contributed by atoms with E-state index in [1.165, 1.54) is 11.3 Å². The van der Waals surface area contributed by atoms with Crippen LogP contribution in [-0.4, -0.2) is 36.3 Å². The van der Waals surface area contributed by atoms with Crippen molar-refractivity contribution in [2.24, 2.45) is 5.73 Å². The van der Waals surface area contributed by atoms with Gasteiger partial charge in [-0.1, -0.05) is 17.7 Å². The molecule has 0 aromatic carbocycles.